The van der Waals surface area contributed by atoms with E-state index in [1.807, 2.05) is 6.07 Å². The van der Waals surface area contributed by atoms with Crippen molar-refractivity contribution in [3.05, 3.63) is 24.0 Å². The van der Waals surface area contributed by atoms with Crippen LogP contribution in [-0.2, 0) is 6.54 Å². The Labute approximate surface area is 117 Å². The molecule has 0 spiro atoms. The van der Waals surface area contributed by atoms with Crippen LogP contribution in [0.5, 0.6) is 5.75 Å². The van der Waals surface area contributed by atoms with E-state index in [9.17, 15) is 13.2 Å². The Balaban J connectivity index is 2.40. The molecule has 6 heteroatoms. The molecule has 1 heterocycles. The zero-order valence-electron chi connectivity index (χ0n) is 11.8. The molecule has 0 aromatic carbocycles. The first-order valence-electron chi connectivity index (χ1n) is 6.71. The van der Waals surface area contributed by atoms with Gasteiger partial charge in [-0.1, -0.05) is 13.8 Å². The first-order valence-corrected chi connectivity index (χ1v) is 6.71. The number of pyridine rings is 1. The number of rotatable bonds is 8. The third-order valence-electron chi connectivity index (χ3n) is 2.60. The number of ether oxygens (including phenoxy) is 1. The van der Waals surface area contributed by atoms with Crippen LogP contribution in [0.25, 0.3) is 0 Å². The van der Waals surface area contributed by atoms with Gasteiger partial charge in [-0.15, -0.1) is 0 Å². The van der Waals surface area contributed by atoms with E-state index >= 15 is 0 Å². The molecule has 0 aliphatic carbocycles. The summed E-state index contributed by atoms with van der Waals surface area (Å²) < 4.78 is 41.5. The molecule has 0 unspecified atom stereocenters. The van der Waals surface area contributed by atoms with Crippen LogP contribution in [0, 0.1) is 5.92 Å². The minimum absolute atomic E-state index is 0.0440. The van der Waals surface area contributed by atoms with E-state index in [2.05, 4.69) is 24.1 Å². The molecule has 3 nitrogen and oxygen atoms in total. The van der Waals surface area contributed by atoms with Crippen LogP contribution in [0.3, 0.4) is 0 Å². The van der Waals surface area contributed by atoms with Crippen molar-refractivity contribution in [3.8, 4) is 5.75 Å². The van der Waals surface area contributed by atoms with Crippen LogP contribution in [-0.4, -0.2) is 24.3 Å². The highest BCUT2D eigenvalue weighted by atomic mass is 19.4. The lowest BCUT2D eigenvalue weighted by Gasteiger charge is -2.13. The second kappa shape index (κ2) is 8.09. The molecule has 0 saturated carbocycles. The zero-order chi connectivity index (χ0) is 15.0. The van der Waals surface area contributed by atoms with Crippen LogP contribution in [0.15, 0.2) is 18.5 Å². The minimum atomic E-state index is -4.13. The molecule has 1 N–H and O–H groups in total. The SMILES string of the molecule is CC(C)CNCc1ccncc1OCCCC(F)(F)F. The first kappa shape index (κ1) is 16.8. The Morgan fingerprint density at radius 1 is 1.35 bits per heavy atom. The summed E-state index contributed by atoms with van der Waals surface area (Å²) in [6.07, 6.45) is -1.81. The third kappa shape index (κ3) is 7.33. The summed E-state index contributed by atoms with van der Waals surface area (Å²) in [6.45, 7) is 5.75. The van der Waals surface area contributed by atoms with Crippen molar-refractivity contribution in [1.82, 2.24) is 10.3 Å². The molecule has 1 rings (SSSR count). The number of alkyl halides is 3. The largest absolute Gasteiger partial charge is 0.492 e. The summed E-state index contributed by atoms with van der Waals surface area (Å²) in [7, 11) is 0. The highest BCUT2D eigenvalue weighted by Gasteiger charge is 2.26. The van der Waals surface area contributed by atoms with E-state index < -0.39 is 12.6 Å². The Bertz CT molecular complexity index is 394. The molecule has 0 radical (unpaired) electrons. The molecule has 114 valence electrons. The van der Waals surface area contributed by atoms with Gasteiger partial charge in [-0.05, 0) is 24.9 Å². The van der Waals surface area contributed by atoms with E-state index in [-0.39, 0.29) is 13.0 Å². The van der Waals surface area contributed by atoms with Crippen LogP contribution in [0.1, 0.15) is 32.3 Å². The summed E-state index contributed by atoms with van der Waals surface area (Å²) in [5, 5.41) is 3.27. The van der Waals surface area contributed by atoms with Gasteiger partial charge < -0.3 is 10.1 Å². The standard InChI is InChI=1S/C14H21F3N2O/c1-11(2)8-19-9-12-4-6-18-10-13(12)20-7-3-5-14(15,16)17/h4,6,10-11,19H,3,5,7-9H2,1-2H3. The lowest BCUT2D eigenvalue weighted by Crippen LogP contribution is -2.19. The number of halogens is 3. The van der Waals surface area contributed by atoms with Gasteiger partial charge in [-0.25, -0.2) is 0 Å². The number of hydrogen-bond donors (Lipinski definition) is 1. The maximum absolute atomic E-state index is 12.0. The second-order valence-electron chi connectivity index (χ2n) is 5.08. The van der Waals surface area contributed by atoms with E-state index in [1.54, 1.807) is 12.4 Å². The summed E-state index contributed by atoms with van der Waals surface area (Å²) in [6, 6.07) is 1.81. The molecular weight excluding hydrogens is 269 g/mol. The molecule has 20 heavy (non-hydrogen) atoms. The van der Waals surface area contributed by atoms with Crippen LogP contribution < -0.4 is 10.1 Å². The molecule has 0 aliphatic heterocycles. The predicted octanol–water partition coefficient (Wildman–Crippen LogP) is 3.55. The van der Waals surface area contributed by atoms with Crippen molar-refractivity contribution >= 4 is 0 Å². The van der Waals surface area contributed by atoms with Crippen molar-refractivity contribution in [3.63, 3.8) is 0 Å². The van der Waals surface area contributed by atoms with Crippen molar-refractivity contribution in [2.24, 2.45) is 5.92 Å². The van der Waals surface area contributed by atoms with Gasteiger partial charge in [-0.2, -0.15) is 13.2 Å². The van der Waals surface area contributed by atoms with Gasteiger partial charge >= 0.3 is 6.18 Å². The van der Waals surface area contributed by atoms with Crippen molar-refractivity contribution in [2.75, 3.05) is 13.2 Å². The van der Waals surface area contributed by atoms with E-state index in [4.69, 9.17) is 4.74 Å². The van der Waals surface area contributed by atoms with Crippen LogP contribution in [0.4, 0.5) is 13.2 Å². The fraction of sp³-hybridized carbons (Fsp3) is 0.643. The molecule has 1 aromatic rings. The molecule has 0 saturated heterocycles. The quantitative estimate of drug-likeness (QED) is 0.743. The smallest absolute Gasteiger partial charge is 0.389 e. The Morgan fingerprint density at radius 3 is 2.75 bits per heavy atom. The molecule has 0 amide bonds. The Hall–Kier alpha value is -1.30. The third-order valence-corrected chi connectivity index (χ3v) is 2.60. The van der Waals surface area contributed by atoms with Gasteiger partial charge in [0.1, 0.15) is 5.75 Å². The van der Waals surface area contributed by atoms with Crippen molar-refractivity contribution in [2.45, 2.75) is 39.4 Å². The monoisotopic (exact) mass is 290 g/mol. The molecule has 0 bridgehead atoms. The average molecular weight is 290 g/mol. The number of aromatic nitrogens is 1. The van der Waals surface area contributed by atoms with Gasteiger partial charge in [0.2, 0.25) is 0 Å². The number of nitrogens with one attached hydrogen (secondary N) is 1. The lowest BCUT2D eigenvalue weighted by atomic mass is 10.2. The number of hydrogen-bond acceptors (Lipinski definition) is 3. The zero-order valence-corrected chi connectivity index (χ0v) is 11.8. The molecule has 0 atom stereocenters. The van der Waals surface area contributed by atoms with E-state index in [0.717, 1.165) is 12.1 Å². The maximum Gasteiger partial charge on any atom is 0.389 e. The van der Waals surface area contributed by atoms with E-state index in [0.29, 0.717) is 18.2 Å². The fourth-order valence-corrected chi connectivity index (χ4v) is 1.64. The topological polar surface area (TPSA) is 34.2 Å². The normalized spacial score (nSPS) is 11.9. The Kier molecular flexibility index (Phi) is 6.78. The van der Waals surface area contributed by atoms with Crippen LogP contribution >= 0.6 is 0 Å². The van der Waals surface area contributed by atoms with Gasteiger partial charge in [0.25, 0.3) is 0 Å². The fourth-order valence-electron chi connectivity index (χ4n) is 1.64. The Morgan fingerprint density at radius 2 is 2.10 bits per heavy atom. The summed E-state index contributed by atoms with van der Waals surface area (Å²) in [5.74, 6) is 1.08. The highest BCUT2D eigenvalue weighted by molar-refractivity contribution is 5.29. The van der Waals surface area contributed by atoms with Crippen molar-refractivity contribution in [1.29, 1.82) is 0 Å². The maximum atomic E-state index is 12.0. The molecule has 0 aliphatic rings. The van der Waals surface area contributed by atoms with Gasteiger partial charge in [0, 0.05) is 24.7 Å². The molecule has 1 aromatic heterocycles. The second-order valence-corrected chi connectivity index (χ2v) is 5.08. The highest BCUT2D eigenvalue weighted by Crippen LogP contribution is 2.22. The predicted molar refractivity (Wildman–Crippen MR) is 71.6 cm³/mol. The molecule has 0 fully saturated rings. The first-order chi connectivity index (χ1) is 9.38. The lowest BCUT2D eigenvalue weighted by molar-refractivity contribution is -0.136. The van der Waals surface area contributed by atoms with Crippen LogP contribution in [0.2, 0.25) is 0 Å². The van der Waals surface area contributed by atoms with Gasteiger partial charge in [-0.3, -0.25) is 4.98 Å². The average Bonchev–Trinajstić information content (AvgIpc) is 2.34. The summed E-state index contributed by atoms with van der Waals surface area (Å²) in [4.78, 5) is 3.94. The van der Waals surface area contributed by atoms with E-state index in [1.165, 1.54) is 0 Å². The minimum Gasteiger partial charge on any atom is -0.492 e. The number of nitrogens with zero attached hydrogens (tertiary/aromatic N) is 1. The van der Waals surface area contributed by atoms with Gasteiger partial charge in [0.05, 0.1) is 12.8 Å². The molecular formula is C14H21F3N2O. The van der Waals surface area contributed by atoms with Gasteiger partial charge in [0.15, 0.2) is 0 Å². The summed E-state index contributed by atoms with van der Waals surface area (Å²) >= 11 is 0. The summed E-state index contributed by atoms with van der Waals surface area (Å²) in [5.41, 5.74) is 0.910. The van der Waals surface area contributed by atoms with Crippen molar-refractivity contribution < 1.29 is 17.9 Å².